The summed E-state index contributed by atoms with van der Waals surface area (Å²) in [5.74, 6) is 0. The lowest BCUT2D eigenvalue weighted by atomic mass is 10.1. The monoisotopic (exact) mass is 304 g/mol. The first-order chi connectivity index (χ1) is 9.55. The van der Waals surface area contributed by atoms with Crippen LogP contribution in [0.3, 0.4) is 0 Å². The molecule has 2 aromatic carbocycles. The average Bonchev–Trinajstić information content (AvgIpc) is 2.42. The number of halogens is 1. The third-order valence-corrected chi connectivity index (χ3v) is 3.55. The number of para-hydroxylation sites is 1. The smallest absolute Gasteiger partial charge is 0.104 e. The first-order valence-corrected chi connectivity index (χ1v) is 7.22. The van der Waals surface area contributed by atoms with Crippen molar-refractivity contribution in [3.63, 3.8) is 0 Å². The number of hydrogen-bond acceptors (Lipinski definition) is 1. The Bertz CT molecular complexity index is 521. The van der Waals surface area contributed by atoms with Crippen LogP contribution in [0.4, 0.5) is 5.69 Å². The Balaban J connectivity index is 0.00000220. The highest BCUT2D eigenvalue weighted by atomic mass is 35.5. The van der Waals surface area contributed by atoms with Gasteiger partial charge in [-0.2, -0.15) is 0 Å². The van der Waals surface area contributed by atoms with Crippen LogP contribution in [0, 0.1) is 6.92 Å². The molecule has 0 radical (unpaired) electrons. The fourth-order valence-electron chi connectivity index (χ4n) is 2.33. The van der Waals surface area contributed by atoms with Gasteiger partial charge >= 0.3 is 0 Å². The SMILES string of the molecule is Cc1ccc(C[N+](C)(C)CCNc2ccccc2)cc1.[Cl-]. The number of rotatable bonds is 6. The molecule has 0 aliphatic heterocycles. The average molecular weight is 305 g/mol. The Morgan fingerprint density at radius 3 is 2.14 bits per heavy atom. The molecule has 2 nitrogen and oxygen atoms in total. The van der Waals surface area contributed by atoms with Gasteiger partial charge in [0, 0.05) is 11.3 Å². The maximum Gasteiger partial charge on any atom is 0.104 e. The molecule has 21 heavy (non-hydrogen) atoms. The highest BCUT2D eigenvalue weighted by Gasteiger charge is 2.15. The molecule has 0 spiro atoms. The molecular formula is C18H25ClN2. The van der Waals surface area contributed by atoms with E-state index >= 15 is 0 Å². The Hall–Kier alpha value is -1.51. The normalized spacial score (nSPS) is 10.8. The molecule has 0 saturated heterocycles. The van der Waals surface area contributed by atoms with Crippen LogP contribution in [-0.2, 0) is 6.54 Å². The fraction of sp³-hybridized carbons (Fsp3) is 0.333. The van der Waals surface area contributed by atoms with Crippen LogP contribution in [-0.4, -0.2) is 31.7 Å². The van der Waals surface area contributed by atoms with Gasteiger partial charge in [-0.3, -0.25) is 0 Å². The Kier molecular flexibility index (Phi) is 6.73. The van der Waals surface area contributed by atoms with E-state index in [1.54, 1.807) is 0 Å². The van der Waals surface area contributed by atoms with Crippen molar-refractivity contribution in [1.82, 2.24) is 0 Å². The van der Waals surface area contributed by atoms with Gasteiger partial charge < -0.3 is 22.2 Å². The summed E-state index contributed by atoms with van der Waals surface area (Å²) in [6, 6.07) is 19.3. The third-order valence-electron chi connectivity index (χ3n) is 3.55. The summed E-state index contributed by atoms with van der Waals surface area (Å²) in [7, 11) is 4.57. The molecule has 0 fully saturated rings. The molecule has 2 aromatic rings. The predicted molar refractivity (Wildman–Crippen MR) is 86.8 cm³/mol. The van der Waals surface area contributed by atoms with Gasteiger partial charge in [0.25, 0.3) is 0 Å². The first-order valence-electron chi connectivity index (χ1n) is 7.22. The summed E-state index contributed by atoms with van der Waals surface area (Å²) in [5.41, 5.74) is 3.92. The molecule has 0 aromatic heterocycles. The molecule has 0 amide bonds. The summed E-state index contributed by atoms with van der Waals surface area (Å²) >= 11 is 0. The van der Waals surface area contributed by atoms with Gasteiger partial charge in [0.15, 0.2) is 0 Å². The maximum atomic E-state index is 3.48. The second kappa shape index (κ2) is 8.06. The molecule has 0 aliphatic carbocycles. The second-order valence-electron chi connectivity index (χ2n) is 6.10. The molecule has 1 N–H and O–H groups in total. The summed E-state index contributed by atoms with van der Waals surface area (Å²) in [6.45, 7) is 5.29. The molecule has 3 heteroatoms. The van der Waals surface area contributed by atoms with Gasteiger partial charge in [0.05, 0.1) is 27.2 Å². The zero-order chi connectivity index (χ0) is 14.4. The lowest BCUT2D eigenvalue weighted by Gasteiger charge is -2.30. The number of quaternary nitrogens is 1. The van der Waals surface area contributed by atoms with E-state index in [0.717, 1.165) is 24.1 Å². The summed E-state index contributed by atoms with van der Waals surface area (Å²) in [6.07, 6.45) is 0. The first kappa shape index (κ1) is 17.5. The number of likely N-dealkylation sites (N-methyl/N-ethyl adjacent to an activating group) is 1. The molecule has 0 aliphatic rings. The van der Waals surface area contributed by atoms with Gasteiger partial charge in [-0.15, -0.1) is 0 Å². The minimum absolute atomic E-state index is 0. The minimum atomic E-state index is 0. The largest absolute Gasteiger partial charge is 1.00 e. The van der Waals surface area contributed by atoms with Gasteiger partial charge in [0.1, 0.15) is 6.54 Å². The molecule has 0 saturated carbocycles. The zero-order valence-electron chi connectivity index (χ0n) is 13.1. The number of nitrogens with one attached hydrogen (secondary N) is 1. The van der Waals surface area contributed by atoms with Crippen LogP contribution in [0.2, 0.25) is 0 Å². The van der Waals surface area contributed by atoms with Gasteiger partial charge in [-0.1, -0.05) is 48.0 Å². The van der Waals surface area contributed by atoms with Crippen LogP contribution < -0.4 is 17.7 Å². The molecule has 0 atom stereocenters. The lowest BCUT2D eigenvalue weighted by Crippen LogP contribution is -3.00. The fourth-order valence-corrected chi connectivity index (χ4v) is 2.33. The van der Waals surface area contributed by atoms with E-state index in [1.165, 1.54) is 16.8 Å². The second-order valence-corrected chi connectivity index (χ2v) is 6.10. The number of hydrogen-bond donors (Lipinski definition) is 1. The standard InChI is InChI=1S/C18H25N2.ClH/c1-16-9-11-17(12-10-16)15-20(2,3)14-13-19-18-7-5-4-6-8-18;/h4-12,19H,13-15H2,1-3H3;1H/q+1;/p-1. The molecule has 2 rings (SSSR count). The van der Waals surface area contributed by atoms with Crippen molar-refractivity contribution in [2.75, 3.05) is 32.5 Å². The van der Waals surface area contributed by atoms with Crippen molar-refractivity contribution >= 4 is 5.69 Å². The molecule has 114 valence electrons. The molecule has 0 heterocycles. The lowest BCUT2D eigenvalue weighted by molar-refractivity contribution is -0.902. The van der Waals surface area contributed by atoms with E-state index in [1.807, 2.05) is 6.07 Å². The van der Waals surface area contributed by atoms with Crippen molar-refractivity contribution in [3.05, 3.63) is 65.7 Å². The number of benzene rings is 2. The van der Waals surface area contributed by atoms with Gasteiger partial charge in [-0.05, 0) is 19.1 Å². The highest BCUT2D eigenvalue weighted by Crippen LogP contribution is 2.11. The van der Waals surface area contributed by atoms with Crippen molar-refractivity contribution in [3.8, 4) is 0 Å². The highest BCUT2D eigenvalue weighted by molar-refractivity contribution is 5.42. The molecular weight excluding hydrogens is 280 g/mol. The van der Waals surface area contributed by atoms with E-state index in [4.69, 9.17) is 0 Å². The van der Waals surface area contributed by atoms with E-state index in [9.17, 15) is 0 Å². The summed E-state index contributed by atoms with van der Waals surface area (Å²) in [5, 5.41) is 3.48. The summed E-state index contributed by atoms with van der Waals surface area (Å²) in [4.78, 5) is 0. The van der Waals surface area contributed by atoms with Crippen molar-refractivity contribution in [2.45, 2.75) is 13.5 Å². The van der Waals surface area contributed by atoms with Crippen LogP contribution in [0.15, 0.2) is 54.6 Å². The third kappa shape index (κ3) is 6.19. The van der Waals surface area contributed by atoms with Gasteiger partial charge in [-0.25, -0.2) is 0 Å². The number of aryl methyl sites for hydroxylation is 1. The maximum absolute atomic E-state index is 3.48. The quantitative estimate of drug-likeness (QED) is 0.774. The van der Waals surface area contributed by atoms with Gasteiger partial charge in [0.2, 0.25) is 0 Å². The van der Waals surface area contributed by atoms with Crippen molar-refractivity contribution in [1.29, 1.82) is 0 Å². The van der Waals surface area contributed by atoms with E-state index in [-0.39, 0.29) is 12.4 Å². The Labute approximate surface area is 134 Å². The number of nitrogens with zero attached hydrogens (tertiary/aromatic N) is 1. The van der Waals surface area contributed by atoms with E-state index in [2.05, 4.69) is 74.9 Å². The van der Waals surface area contributed by atoms with Crippen LogP contribution in [0.1, 0.15) is 11.1 Å². The Morgan fingerprint density at radius 1 is 0.905 bits per heavy atom. The van der Waals surface area contributed by atoms with Crippen molar-refractivity contribution in [2.24, 2.45) is 0 Å². The minimum Gasteiger partial charge on any atom is -1.00 e. The zero-order valence-corrected chi connectivity index (χ0v) is 13.9. The van der Waals surface area contributed by atoms with E-state index < -0.39 is 0 Å². The molecule has 0 unspecified atom stereocenters. The summed E-state index contributed by atoms with van der Waals surface area (Å²) < 4.78 is 0.989. The number of anilines is 1. The topological polar surface area (TPSA) is 12.0 Å². The Morgan fingerprint density at radius 2 is 1.52 bits per heavy atom. The molecule has 0 bridgehead atoms. The van der Waals surface area contributed by atoms with E-state index in [0.29, 0.717) is 0 Å². The van der Waals surface area contributed by atoms with Crippen LogP contribution >= 0.6 is 0 Å². The van der Waals surface area contributed by atoms with Crippen molar-refractivity contribution < 1.29 is 16.9 Å². The van der Waals surface area contributed by atoms with Crippen LogP contribution in [0.25, 0.3) is 0 Å². The van der Waals surface area contributed by atoms with Crippen LogP contribution in [0.5, 0.6) is 0 Å². The predicted octanol–water partition coefficient (Wildman–Crippen LogP) is 0.688.